The van der Waals surface area contributed by atoms with Gasteiger partial charge in [-0.2, -0.15) is 18.4 Å². The lowest BCUT2D eigenvalue weighted by atomic mass is 10.0. The predicted octanol–water partition coefficient (Wildman–Crippen LogP) is 3.17. The number of hydrogen-bond donors (Lipinski definition) is 0. The zero-order valence-corrected chi connectivity index (χ0v) is 13.1. The van der Waals surface area contributed by atoms with Crippen LogP contribution in [0.1, 0.15) is 36.8 Å². The van der Waals surface area contributed by atoms with Crippen LogP contribution in [0.25, 0.3) is 0 Å². The molecule has 0 saturated carbocycles. The molecule has 0 spiro atoms. The zero-order chi connectivity index (χ0) is 17.3. The van der Waals surface area contributed by atoms with E-state index in [1.54, 1.807) is 6.07 Å². The van der Waals surface area contributed by atoms with Crippen LogP contribution in [0, 0.1) is 11.3 Å². The second-order valence-electron chi connectivity index (χ2n) is 6.27. The Hall–Kier alpha value is -2.23. The van der Waals surface area contributed by atoms with Crippen LogP contribution < -0.4 is 4.90 Å². The summed E-state index contributed by atoms with van der Waals surface area (Å²) in [6, 6.07) is 5.43. The van der Waals surface area contributed by atoms with Gasteiger partial charge in [-0.15, -0.1) is 0 Å². The summed E-state index contributed by atoms with van der Waals surface area (Å²) in [6.45, 7) is 2.07. The Kier molecular flexibility index (Phi) is 4.39. The first-order chi connectivity index (χ1) is 11.4. The van der Waals surface area contributed by atoms with E-state index in [0.717, 1.165) is 38.4 Å². The molecule has 1 amide bonds. The number of carbonyl (C=O) groups is 1. The van der Waals surface area contributed by atoms with Crippen LogP contribution in [0.2, 0.25) is 0 Å². The van der Waals surface area contributed by atoms with Gasteiger partial charge in [0.05, 0.1) is 17.2 Å². The number of alkyl halides is 3. The van der Waals surface area contributed by atoms with Crippen molar-refractivity contribution in [2.24, 2.45) is 0 Å². The van der Waals surface area contributed by atoms with Gasteiger partial charge in [0, 0.05) is 37.8 Å². The van der Waals surface area contributed by atoms with Crippen LogP contribution in [0.4, 0.5) is 18.9 Å². The summed E-state index contributed by atoms with van der Waals surface area (Å²) in [5.41, 5.74) is -0.660. The second kappa shape index (κ2) is 6.34. The number of nitrogens with zero attached hydrogens (tertiary/aromatic N) is 3. The molecule has 0 bridgehead atoms. The average molecular weight is 337 g/mol. The van der Waals surface area contributed by atoms with Gasteiger partial charge in [-0.3, -0.25) is 4.79 Å². The fourth-order valence-corrected chi connectivity index (χ4v) is 3.57. The van der Waals surface area contributed by atoms with E-state index >= 15 is 0 Å². The van der Waals surface area contributed by atoms with Gasteiger partial charge >= 0.3 is 6.18 Å². The quantitative estimate of drug-likeness (QED) is 0.833. The highest BCUT2D eigenvalue weighted by atomic mass is 19.4. The molecule has 24 heavy (non-hydrogen) atoms. The van der Waals surface area contributed by atoms with Gasteiger partial charge < -0.3 is 9.80 Å². The topological polar surface area (TPSA) is 47.3 Å². The van der Waals surface area contributed by atoms with Crippen LogP contribution >= 0.6 is 0 Å². The Labute approximate surface area is 138 Å². The molecule has 2 heterocycles. The minimum Gasteiger partial charge on any atom is -0.369 e. The van der Waals surface area contributed by atoms with Crippen molar-refractivity contribution in [2.45, 2.75) is 37.9 Å². The molecule has 2 aliphatic heterocycles. The number of benzene rings is 1. The standard InChI is InChI=1S/C17H18F3N3O/c18-17(19,20)15-6-5-13(9-12(15)10-21)22-7-1-3-14(11-22)23-8-2-4-16(23)24/h5-6,9,14H,1-4,7-8,11H2/t14-/m1/s1. The van der Waals surface area contributed by atoms with Gasteiger partial charge in [0.15, 0.2) is 0 Å². The van der Waals surface area contributed by atoms with E-state index in [-0.39, 0.29) is 17.5 Å². The maximum Gasteiger partial charge on any atom is 0.417 e. The maximum absolute atomic E-state index is 12.9. The predicted molar refractivity (Wildman–Crippen MR) is 82.3 cm³/mol. The average Bonchev–Trinajstić information content (AvgIpc) is 2.99. The van der Waals surface area contributed by atoms with Crippen LogP contribution in [0.15, 0.2) is 18.2 Å². The van der Waals surface area contributed by atoms with Crippen molar-refractivity contribution in [1.82, 2.24) is 4.90 Å². The lowest BCUT2D eigenvalue weighted by Crippen LogP contribution is -2.48. The molecule has 2 fully saturated rings. The van der Waals surface area contributed by atoms with Crippen molar-refractivity contribution in [1.29, 1.82) is 5.26 Å². The van der Waals surface area contributed by atoms with Crippen molar-refractivity contribution in [3.8, 4) is 6.07 Å². The second-order valence-corrected chi connectivity index (χ2v) is 6.27. The first-order valence-corrected chi connectivity index (χ1v) is 8.06. The number of likely N-dealkylation sites (tertiary alicyclic amines) is 1. The molecule has 0 radical (unpaired) electrons. The first-order valence-electron chi connectivity index (χ1n) is 8.06. The molecule has 0 aliphatic carbocycles. The summed E-state index contributed by atoms with van der Waals surface area (Å²) >= 11 is 0. The van der Waals surface area contributed by atoms with E-state index < -0.39 is 11.7 Å². The first kappa shape index (κ1) is 16.6. The van der Waals surface area contributed by atoms with Gasteiger partial charge in [0.2, 0.25) is 5.91 Å². The third-order valence-corrected chi connectivity index (χ3v) is 4.74. The summed E-state index contributed by atoms with van der Waals surface area (Å²) in [5.74, 6) is 0.159. The third-order valence-electron chi connectivity index (χ3n) is 4.74. The molecule has 1 aromatic carbocycles. The molecule has 0 N–H and O–H groups in total. The molecule has 3 rings (SSSR count). The molecule has 128 valence electrons. The van der Waals surface area contributed by atoms with Crippen molar-refractivity contribution < 1.29 is 18.0 Å². The molecule has 0 aromatic heterocycles. The molecular weight excluding hydrogens is 319 g/mol. The number of halogens is 3. The van der Waals surface area contributed by atoms with Crippen LogP contribution in [0.5, 0.6) is 0 Å². The zero-order valence-electron chi connectivity index (χ0n) is 13.1. The molecule has 2 aliphatic rings. The van der Waals surface area contributed by atoms with Crippen LogP contribution in [-0.2, 0) is 11.0 Å². The van der Waals surface area contributed by atoms with Crippen LogP contribution in [-0.4, -0.2) is 36.5 Å². The Morgan fingerprint density at radius 2 is 2.00 bits per heavy atom. The van der Waals surface area contributed by atoms with Crippen LogP contribution in [0.3, 0.4) is 0 Å². The Bertz CT molecular complexity index is 681. The smallest absolute Gasteiger partial charge is 0.369 e. The molecule has 7 heteroatoms. The van der Waals surface area contributed by atoms with E-state index in [4.69, 9.17) is 5.26 Å². The van der Waals surface area contributed by atoms with Crippen molar-refractivity contribution >= 4 is 11.6 Å². The summed E-state index contributed by atoms with van der Waals surface area (Å²) in [7, 11) is 0. The highest BCUT2D eigenvalue weighted by Gasteiger charge is 2.35. The molecule has 1 aromatic rings. The number of nitriles is 1. The Morgan fingerprint density at radius 1 is 1.21 bits per heavy atom. The fraction of sp³-hybridized carbons (Fsp3) is 0.529. The largest absolute Gasteiger partial charge is 0.417 e. The van der Waals surface area contributed by atoms with Gasteiger partial charge in [0.25, 0.3) is 0 Å². The van der Waals surface area contributed by atoms with E-state index in [2.05, 4.69) is 0 Å². The molecule has 2 saturated heterocycles. The van der Waals surface area contributed by atoms with E-state index in [9.17, 15) is 18.0 Å². The number of anilines is 1. The van der Waals surface area contributed by atoms with Gasteiger partial charge in [-0.25, -0.2) is 0 Å². The lowest BCUT2D eigenvalue weighted by molar-refractivity contribution is -0.137. The highest BCUT2D eigenvalue weighted by molar-refractivity contribution is 5.78. The SMILES string of the molecule is N#Cc1cc(N2CCC[C@@H](N3CCCC3=O)C2)ccc1C(F)(F)F. The maximum atomic E-state index is 12.9. The van der Waals surface area contributed by atoms with E-state index in [1.165, 1.54) is 12.1 Å². The van der Waals surface area contributed by atoms with E-state index in [0.29, 0.717) is 18.7 Å². The molecule has 0 unspecified atom stereocenters. The minimum absolute atomic E-state index is 0.0987. The third kappa shape index (κ3) is 3.18. The van der Waals surface area contributed by atoms with E-state index in [1.807, 2.05) is 9.80 Å². The highest BCUT2D eigenvalue weighted by Crippen LogP contribution is 2.34. The van der Waals surface area contributed by atoms with Crippen molar-refractivity contribution in [3.05, 3.63) is 29.3 Å². The normalized spacial score (nSPS) is 21.9. The van der Waals surface area contributed by atoms with Gasteiger partial charge in [-0.1, -0.05) is 0 Å². The molecule has 1 atom stereocenters. The molecule has 4 nitrogen and oxygen atoms in total. The Balaban J connectivity index is 1.81. The number of piperidine rings is 1. The summed E-state index contributed by atoms with van der Waals surface area (Å²) < 4.78 is 38.7. The van der Waals surface area contributed by atoms with Gasteiger partial charge in [-0.05, 0) is 37.5 Å². The monoisotopic (exact) mass is 337 g/mol. The number of hydrogen-bond acceptors (Lipinski definition) is 3. The van der Waals surface area contributed by atoms with Crippen molar-refractivity contribution in [2.75, 3.05) is 24.5 Å². The number of rotatable bonds is 2. The summed E-state index contributed by atoms with van der Waals surface area (Å²) in [4.78, 5) is 15.8. The number of amides is 1. The fourth-order valence-electron chi connectivity index (χ4n) is 3.57. The minimum atomic E-state index is -4.53. The van der Waals surface area contributed by atoms with Crippen molar-refractivity contribution in [3.63, 3.8) is 0 Å². The van der Waals surface area contributed by atoms with Gasteiger partial charge in [0.1, 0.15) is 0 Å². The Morgan fingerprint density at radius 3 is 2.62 bits per heavy atom. The molecular formula is C17H18F3N3O. The summed E-state index contributed by atoms with van der Waals surface area (Å²) in [6.07, 6.45) is -1.30. The lowest BCUT2D eigenvalue weighted by Gasteiger charge is -2.39. The summed E-state index contributed by atoms with van der Waals surface area (Å²) in [5, 5.41) is 9.04. The number of carbonyl (C=O) groups excluding carboxylic acids is 1.